The molecule has 0 spiro atoms. The van der Waals surface area contributed by atoms with Gasteiger partial charge in [0.1, 0.15) is 0 Å². The summed E-state index contributed by atoms with van der Waals surface area (Å²) in [5.74, 6) is 5.11. The van der Waals surface area contributed by atoms with Gasteiger partial charge in [-0.3, -0.25) is 14.3 Å². The minimum atomic E-state index is 0. The fourth-order valence-corrected chi connectivity index (χ4v) is 2.09. The molecule has 0 saturated heterocycles. The fraction of sp³-hybridized carbons (Fsp3) is 0.0909. The van der Waals surface area contributed by atoms with Gasteiger partial charge in [0.2, 0.25) is 0 Å². The van der Waals surface area contributed by atoms with Gasteiger partial charge in [-0.05, 0) is 0 Å². The monoisotopic (exact) mass is 660 g/mol. The molecule has 0 nitrogen and oxygen atoms in total. The molecule has 0 amide bonds. The number of rotatable bonds is 0. The zero-order valence-corrected chi connectivity index (χ0v) is 30.0. The largest absolute Gasteiger partial charge is 0.358 e. The van der Waals surface area contributed by atoms with Gasteiger partial charge in [-0.2, -0.15) is 133 Å². The molecule has 0 aliphatic heterocycles. The van der Waals surface area contributed by atoms with Crippen molar-refractivity contribution in [1.82, 2.24) is 0 Å². The van der Waals surface area contributed by atoms with Crippen LogP contribution < -0.4 is 0 Å². The molecular weight excluding hydrogens is 618 g/mol. The van der Waals surface area contributed by atoms with E-state index in [-0.39, 0.29) is 80.7 Å². The Morgan fingerprint density at radius 3 is 1.03 bits per heavy atom. The van der Waals surface area contributed by atoms with Crippen LogP contribution in [0.1, 0.15) is 6.42 Å². The molecule has 1 aliphatic carbocycles. The molecule has 38 heavy (non-hydrogen) atoms. The molecule has 1 aliphatic rings. The van der Waals surface area contributed by atoms with Crippen molar-refractivity contribution < 1.29 is 26.2 Å². The molecule has 1 radical (unpaired) electrons. The van der Waals surface area contributed by atoms with Gasteiger partial charge in [-0.15, -0.1) is 31.2 Å². The van der Waals surface area contributed by atoms with E-state index in [2.05, 4.69) is 55.0 Å². The van der Waals surface area contributed by atoms with Crippen LogP contribution in [0.25, 0.3) is 0 Å². The maximum Gasteiger partial charge on any atom is 0.0213 e. The summed E-state index contributed by atoms with van der Waals surface area (Å²) in [5, 5.41) is 0. The molecule has 5 rings (SSSR count). The molecule has 213 valence electrons. The molecule has 1 heterocycles. The first-order chi connectivity index (χ1) is 15.4. The second-order valence-electron chi connectivity index (χ2n) is 5.63. The Morgan fingerprint density at radius 2 is 0.947 bits per heavy atom. The fourth-order valence-electron chi connectivity index (χ4n) is 1.61. The zero-order chi connectivity index (χ0) is 22.5. The third kappa shape index (κ3) is 55.2. The van der Waals surface area contributed by atoms with Crippen molar-refractivity contribution in [2.45, 2.75) is 19.5 Å². The summed E-state index contributed by atoms with van der Waals surface area (Å²) in [6.07, 6.45) is 10.0. The summed E-state index contributed by atoms with van der Waals surface area (Å²) in [6, 6.07) is 41.5. The Bertz CT molecular complexity index is 631. The Hall–Kier alpha value is -1.40. The molecular formula is C33H45Cl2PSiZr-9. The second-order valence-corrected chi connectivity index (χ2v) is 7.69. The van der Waals surface area contributed by atoms with Gasteiger partial charge in [0.25, 0.3) is 0 Å². The van der Waals surface area contributed by atoms with Crippen LogP contribution in [0, 0.1) is 59.8 Å². The predicted molar refractivity (Wildman–Crippen MR) is 181 cm³/mol. The average Bonchev–Trinajstić information content (AvgIpc) is 3.64. The van der Waals surface area contributed by atoms with Gasteiger partial charge in [0, 0.05) is 35.7 Å². The van der Waals surface area contributed by atoms with Crippen LogP contribution in [-0.4, -0.2) is 9.52 Å². The smallest absolute Gasteiger partial charge is 0.0213 e. The number of benzene rings is 3. The van der Waals surface area contributed by atoms with Crippen LogP contribution in [0.3, 0.4) is 0 Å². The van der Waals surface area contributed by atoms with E-state index in [1.54, 1.807) is 0 Å². The van der Waals surface area contributed by atoms with Gasteiger partial charge >= 0.3 is 0 Å². The molecule has 3 aromatic carbocycles. The van der Waals surface area contributed by atoms with E-state index in [9.17, 15) is 0 Å². The molecule has 4 aromatic rings. The van der Waals surface area contributed by atoms with Crippen molar-refractivity contribution in [3.05, 3.63) is 187 Å². The van der Waals surface area contributed by atoms with E-state index in [4.69, 9.17) is 0 Å². The van der Waals surface area contributed by atoms with Crippen LogP contribution in [0.15, 0.2) is 127 Å². The van der Waals surface area contributed by atoms with Crippen LogP contribution in [0.5, 0.6) is 0 Å². The normalized spacial score (nSPS) is 7.84. The van der Waals surface area contributed by atoms with E-state index >= 15 is 0 Å². The molecule has 0 saturated carbocycles. The van der Waals surface area contributed by atoms with Crippen molar-refractivity contribution in [3.8, 4) is 0 Å². The van der Waals surface area contributed by atoms with E-state index in [1.807, 2.05) is 115 Å². The van der Waals surface area contributed by atoms with Gasteiger partial charge in [0.05, 0.1) is 0 Å². The Balaban J connectivity index is -0.0000000461. The van der Waals surface area contributed by atoms with Crippen molar-refractivity contribution in [1.29, 1.82) is 0 Å². The quantitative estimate of drug-likeness (QED) is 0.130. The number of hydrogen-bond acceptors (Lipinski definition) is 0. The van der Waals surface area contributed by atoms with Gasteiger partial charge in [-0.25, -0.2) is 18.2 Å². The average molecular weight is 663 g/mol. The summed E-state index contributed by atoms with van der Waals surface area (Å²) in [7, 11) is 1.57. The van der Waals surface area contributed by atoms with Crippen LogP contribution in [0.4, 0.5) is 0 Å². The summed E-state index contributed by atoms with van der Waals surface area (Å²) < 4.78 is 0. The molecule has 0 N–H and O–H groups in total. The minimum Gasteiger partial charge on any atom is -0.358 e. The van der Waals surface area contributed by atoms with Crippen molar-refractivity contribution in [2.75, 3.05) is 0 Å². The van der Waals surface area contributed by atoms with Crippen LogP contribution in [-0.2, 0) is 26.2 Å². The van der Waals surface area contributed by atoms with Gasteiger partial charge in [-0.1, -0.05) is 13.1 Å². The van der Waals surface area contributed by atoms with E-state index in [1.165, 1.54) is 0 Å². The Kier molecular flexibility index (Phi) is 83.5. The molecule has 1 aromatic heterocycles. The van der Waals surface area contributed by atoms with Gasteiger partial charge in [0.15, 0.2) is 0 Å². The predicted octanol–water partition coefficient (Wildman–Crippen LogP) is 10.4. The molecule has 1 unspecified atom stereocenters. The maximum atomic E-state index is 3.01. The second kappa shape index (κ2) is 55.9. The third-order valence-electron chi connectivity index (χ3n) is 2.85. The standard InChI is InChI=1S/3C6H5.C5H5.C4H4P.C2H7Si.4CH3.2ClH.Zr/c3*1-2-4-6-5-3-1;2*1-2-4-5-3-1;1-3-2;;;;;;;/h3*1-5H;1-3H,4H2;1-3,5H;3H,1-2H3;4*1H3;2*1H;/q5*-1;;4*-1;;;. The molecule has 0 fully saturated rings. The van der Waals surface area contributed by atoms with Crippen molar-refractivity contribution in [2.24, 2.45) is 0 Å². The van der Waals surface area contributed by atoms with Gasteiger partial charge < -0.3 is 29.7 Å². The summed E-state index contributed by atoms with van der Waals surface area (Å²) in [6.45, 7) is 4.42. The summed E-state index contributed by atoms with van der Waals surface area (Å²) in [5.41, 5.74) is 0. The number of halogens is 2. The van der Waals surface area contributed by atoms with Crippen LogP contribution >= 0.6 is 33.0 Å². The SMILES string of the molecule is C[SiH]C.Cl.Cl.[C-]1=CC=CC1.[CH3-].[CH3-].[CH3-].[CH3-].[Zr].[c-]1ccc[pH]1.[c-]1ccccc1.[c-]1ccccc1.[c-]1ccccc1. The van der Waals surface area contributed by atoms with E-state index in [0.717, 1.165) is 24.1 Å². The molecule has 1 atom stereocenters. The Morgan fingerprint density at radius 1 is 0.579 bits per heavy atom. The maximum absolute atomic E-state index is 3.01. The van der Waals surface area contributed by atoms with E-state index in [0.29, 0.717) is 0 Å². The first-order valence-corrected chi connectivity index (χ1v) is 13.5. The number of hydrogen-bond donors (Lipinski definition) is 0. The summed E-state index contributed by atoms with van der Waals surface area (Å²) in [4.78, 5) is 0. The molecule has 5 heteroatoms. The first kappa shape index (κ1) is 56.7. The van der Waals surface area contributed by atoms with Crippen molar-refractivity contribution >= 4 is 42.5 Å². The van der Waals surface area contributed by atoms with Crippen molar-refractivity contribution in [3.63, 3.8) is 0 Å². The Labute approximate surface area is 273 Å². The van der Waals surface area contributed by atoms with Crippen LogP contribution in [0.2, 0.25) is 13.1 Å². The number of allylic oxidation sites excluding steroid dienone is 4. The summed E-state index contributed by atoms with van der Waals surface area (Å²) >= 11 is 0. The topological polar surface area (TPSA) is 0 Å². The first-order valence-electron chi connectivity index (χ1n) is 10.1. The third-order valence-corrected chi connectivity index (χ3v) is 3.54. The van der Waals surface area contributed by atoms with E-state index < -0.39 is 0 Å². The molecule has 0 bridgehead atoms. The minimum absolute atomic E-state index is 0. The zero-order valence-electron chi connectivity index (χ0n) is 23.7.